The van der Waals surface area contributed by atoms with Crippen molar-refractivity contribution in [2.24, 2.45) is 0 Å². The second-order valence-corrected chi connectivity index (χ2v) is 9.21. The summed E-state index contributed by atoms with van der Waals surface area (Å²) in [7, 11) is 0. The van der Waals surface area contributed by atoms with Crippen molar-refractivity contribution in [2.45, 2.75) is 136 Å². The van der Waals surface area contributed by atoms with E-state index < -0.39 is 5.97 Å². The van der Waals surface area contributed by atoms with Crippen LogP contribution in [0.15, 0.2) is 48.6 Å². The van der Waals surface area contributed by atoms with Crippen LogP contribution in [0.25, 0.3) is 0 Å². The van der Waals surface area contributed by atoms with Gasteiger partial charge in [0.1, 0.15) is 0 Å². The number of carboxylic acids is 1. The molecule has 0 unspecified atom stereocenters. The zero-order valence-electron chi connectivity index (χ0n) is 23.7. The fourth-order valence-electron chi connectivity index (χ4n) is 3.44. The molecule has 0 fully saturated rings. The van der Waals surface area contributed by atoms with E-state index >= 15 is 0 Å². The number of esters is 1. The molecule has 4 nitrogen and oxygen atoms in total. The van der Waals surface area contributed by atoms with Crippen LogP contribution in [-0.2, 0) is 14.3 Å². The SMILES string of the molecule is CC/C=C/C=C\CCCCCCOC(C)=O.CCC/C=C/C=C\CCCCCCCCCCC(=O)O. The van der Waals surface area contributed by atoms with Crippen molar-refractivity contribution in [2.75, 3.05) is 6.61 Å². The standard InChI is InChI=1S/C18H32O2.C14H24O2/c1-2-3-4-5-6-7-8-9-10-11-12-13-14-15-16-17-18(19)20;1-3-4-5-6-7-8-9-10-11-12-13-16-14(2)15/h4-7H,2-3,8-17H2,1H3,(H,19,20);4-7H,3,8-13H2,1-2H3/b2*5-4+,7-6-. The highest BCUT2D eigenvalue weighted by atomic mass is 16.5. The third kappa shape index (κ3) is 39.1. The maximum atomic E-state index is 10.5. The first kappa shape index (κ1) is 36.1. The molecule has 0 aromatic heterocycles. The molecule has 4 heteroatoms. The number of aliphatic carboxylic acids is 1. The van der Waals surface area contributed by atoms with E-state index in [1.54, 1.807) is 0 Å². The lowest BCUT2D eigenvalue weighted by atomic mass is 10.1. The molecule has 0 spiro atoms. The van der Waals surface area contributed by atoms with Crippen molar-refractivity contribution in [1.29, 1.82) is 0 Å². The normalized spacial score (nSPS) is 11.5. The van der Waals surface area contributed by atoms with E-state index in [1.807, 2.05) is 0 Å². The van der Waals surface area contributed by atoms with E-state index in [4.69, 9.17) is 9.84 Å². The topological polar surface area (TPSA) is 63.6 Å². The Hall–Kier alpha value is -2.10. The summed E-state index contributed by atoms with van der Waals surface area (Å²) in [5.41, 5.74) is 0. The molecule has 208 valence electrons. The van der Waals surface area contributed by atoms with Gasteiger partial charge >= 0.3 is 11.9 Å². The Labute approximate surface area is 223 Å². The largest absolute Gasteiger partial charge is 0.481 e. The lowest BCUT2D eigenvalue weighted by Gasteiger charge is -2.00. The van der Waals surface area contributed by atoms with Crippen LogP contribution in [0.4, 0.5) is 0 Å². The van der Waals surface area contributed by atoms with E-state index in [1.165, 1.54) is 77.6 Å². The Balaban J connectivity index is 0. The van der Waals surface area contributed by atoms with Crippen molar-refractivity contribution in [3.05, 3.63) is 48.6 Å². The second-order valence-electron chi connectivity index (χ2n) is 9.21. The summed E-state index contributed by atoms with van der Waals surface area (Å²) >= 11 is 0. The van der Waals surface area contributed by atoms with Gasteiger partial charge in [-0.05, 0) is 51.4 Å². The van der Waals surface area contributed by atoms with Gasteiger partial charge in [-0.15, -0.1) is 0 Å². The van der Waals surface area contributed by atoms with Crippen LogP contribution >= 0.6 is 0 Å². The number of rotatable bonds is 23. The summed E-state index contributed by atoms with van der Waals surface area (Å²) in [6.45, 7) is 6.35. The summed E-state index contributed by atoms with van der Waals surface area (Å²) in [5.74, 6) is -0.840. The molecule has 0 saturated carbocycles. The van der Waals surface area contributed by atoms with E-state index in [0.29, 0.717) is 13.0 Å². The quantitative estimate of drug-likeness (QED) is 0.0854. The Morgan fingerprint density at radius 1 is 0.611 bits per heavy atom. The predicted molar refractivity (Wildman–Crippen MR) is 155 cm³/mol. The van der Waals surface area contributed by atoms with Gasteiger partial charge in [-0.1, -0.05) is 120 Å². The molecule has 0 aliphatic carbocycles. The minimum Gasteiger partial charge on any atom is -0.481 e. The van der Waals surface area contributed by atoms with Crippen molar-refractivity contribution in [3.8, 4) is 0 Å². The van der Waals surface area contributed by atoms with Crippen molar-refractivity contribution >= 4 is 11.9 Å². The first-order valence-electron chi connectivity index (χ1n) is 14.5. The fourth-order valence-corrected chi connectivity index (χ4v) is 3.44. The zero-order valence-corrected chi connectivity index (χ0v) is 23.7. The van der Waals surface area contributed by atoms with E-state index in [9.17, 15) is 9.59 Å². The van der Waals surface area contributed by atoms with Gasteiger partial charge in [-0.2, -0.15) is 0 Å². The molecule has 1 N–H and O–H groups in total. The van der Waals surface area contributed by atoms with Crippen molar-refractivity contribution in [1.82, 2.24) is 0 Å². The monoisotopic (exact) mass is 504 g/mol. The molecule has 0 bridgehead atoms. The minimum atomic E-state index is -0.664. The molecule has 0 aromatic carbocycles. The van der Waals surface area contributed by atoms with Crippen LogP contribution < -0.4 is 0 Å². The van der Waals surface area contributed by atoms with Gasteiger partial charge in [0.15, 0.2) is 0 Å². The van der Waals surface area contributed by atoms with Gasteiger partial charge in [0.05, 0.1) is 6.61 Å². The van der Waals surface area contributed by atoms with Gasteiger partial charge in [0.25, 0.3) is 0 Å². The molecule has 0 radical (unpaired) electrons. The molecule has 0 saturated heterocycles. The Morgan fingerprint density at radius 2 is 1.06 bits per heavy atom. The maximum absolute atomic E-state index is 10.5. The number of allylic oxidation sites excluding steroid dienone is 8. The molecule has 0 atom stereocenters. The molecule has 0 aliphatic rings. The summed E-state index contributed by atoms with van der Waals surface area (Å²) in [6, 6.07) is 0. The molecule has 0 heterocycles. The number of carbonyl (C=O) groups excluding carboxylic acids is 1. The average Bonchev–Trinajstić information content (AvgIpc) is 2.85. The highest BCUT2D eigenvalue weighted by Gasteiger charge is 1.96. The van der Waals surface area contributed by atoms with Crippen LogP contribution in [-0.4, -0.2) is 23.7 Å². The van der Waals surface area contributed by atoms with E-state index in [0.717, 1.165) is 38.5 Å². The van der Waals surface area contributed by atoms with Crippen LogP contribution in [0, 0.1) is 0 Å². The van der Waals surface area contributed by atoms with E-state index in [2.05, 4.69) is 62.5 Å². The molecular formula is C32H56O4. The van der Waals surface area contributed by atoms with Crippen molar-refractivity contribution in [3.63, 3.8) is 0 Å². The summed E-state index contributed by atoms with van der Waals surface area (Å²) < 4.78 is 4.85. The molecule has 0 aromatic rings. The first-order chi connectivity index (χ1) is 17.5. The Morgan fingerprint density at radius 3 is 1.53 bits per heavy atom. The number of hydrogen-bond donors (Lipinski definition) is 1. The maximum Gasteiger partial charge on any atom is 0.303 e. The molecule has 0 rings (SSSR count). The first-order valence-corrected chi connectivity index (χ1v) is 14.5. The lowest BCUT2D eigenvalue weighted by Crippen LogP contribution is -1.99. The van der Waals surface area contributed by atoms with Crippen LogP contribution in [0.1, 0.15) is 136 Å². The third-order valence-corrected chi connectivity index (χ3v) is 5.54. The van der Waals surface area contributed by atoms with Crippen molar-refractivity contribution < 1.29 is 19.4 Å². The fraction of sp³-hybridized carbons (Fsp3) is 0.688. The molecule has 36 heavy (non-hydrogen) atoms. The molecule has 0 amide bonds. The Bertz CT molecular complexity index is 587. The zero-order chi connectivity index (χ0) is 27.0. The summed E-state index contributed by atoms with van der Waals surface area (Å²) in [4.78, 5) is 20.8. The highest BCUT2D eigenvalue weighted by Crippen LogP contribution is 2.11. The third-order valence-electron chi connectivity index (χ3n) is 5.54. The number of ether oxygens (including phenoxy) is 1. The van der Waals surface area contributed by atoms with Gasteiger partial charge in [-0.3, -0.25) is 9.59 Å². The molecular weight excluding hydrogens is 448 g/mol. The number of carbonyl (C=O) groups is 2. The van der Waals surface area contributed by atoms with Crippen LogP contribution in [0.5, 0.6) is 0 Å². The van der Waals surface area contributed by atoms with Gasteiger partial charge < -0.3 is 9.84 Å². The summed E-state index contributed by atoms with van der Waals surface area (Å²) in [5, 5.41) is 8.51. The van der Waals surface area contributed by atoms with Crippen LogP contribution in [0.2, 0.25) is 0 Å². The predicted octanol–water partition coefficient (Wildman–Crippen LogP) is 9.91. The van der Waals surface area contributed by atoms with Gasteiger partial charge in [0, 0.05) is 13.3 Å². The smallest absolute Gasteiger partial charge is 0.303 e. The van der Waals surface area contributed by atoms with Gasteiger partial charge in [-0.25, -0.2) is 0 Å². The summed E-state index contributed by atoms with van der Waals surface area (Å²) in [6.07, 6.45) is 37.7. The number of carboxylic acid groups (broad SMARTS) is 1. The Kier molecular flexibility index (Phi) is 33.0. The lowest BCUT2D eigenvalue weighted by molar-refractivity contribution is -0.141. The number of unbranched alkanes of at least 4 members (excludes halogenated alkanes) is 13. The second kappa shape index (κ2) is 32.9. The highest BCUT2D eigenvalue weighted by molar-refractivity contribution is 5.66. The average molecular weight is 505 g/mol. The van der Waals surface area contributed by atoms with Gasteiger partial charge in [0.2, 0.25) is 0 Å². The minimum absolute atomic E-state index is 0.175. The van der Waals surface area contributed by atoms with E-state index in [-0.39, 0.29) is 5.97 Å². The molecule has 0 aliphatic heterocycles. The number of hydrogen-bond acceptors (Lipinski definition) is 3. The van der Waals surface area contributed by atoms with Crippen LogP contribution in [0.3, 0.4) is 0 Å².